The molecule has 2 N–H and O–H groups in total. The maximum absolute atomic E-state index is 13.6. The van der Waals surface area contributed by atoms with Crippen LogP contribution in [0.25, 0.3) is 0 Å². The molecule has 0 heterocycles. The molecule has 4 rings (SSSR count). The van der Waals surface area contributed by atoms with Gasteiger partial charge in [-0.3, -0.25) is 19.2 Å². The Morgan fingerprint density at radius 1 is 1.26 bits per heavy atom. The molecule has 7 nitrogen and oxygen atoms in total. The number of Topliss-reactive ketones (excluding diaryl/α,β-unsaturated/α-hetero) is 2. The summed E-state index contributed by atoms with van der Waals surface area (Å²) in [5.74, 6) is -3.00. The monoisotopic (exact) mass is 450 g/mol. The molecule has 3 fully saturated rings. The highest BCUT2D eigenvalue weighted by atomic mass is 35.5. The lowest BCUT2D eigenvalue weighted by Gasteiger charge is -2.57. The number of allylic oxidation sites excluding steroid dienone is 3. The van der Waals surface area contributed by atoms with Crippen molar-refractivity contribution in [3.63, 3.8) is 0 Å². The van der Waals surface area contributed by atoms with Gasteiger partial charge in [0.05, 0.1) is 5.03 Å². The van der Waals surface area contributed by atoms with Crippen LogP contribution in [0.4, 0.5) is 0 Å². The lowest BCUT2D eigenvalue weighted by molar-refractivity contribution is -0.169. The van der Waals surface area contributed by atoms with Gasteiger partial charge in [0.15, 0.2) is 11.5 Å². The summed E-state index contributed by atoms with van der Waals surface area (Å²) in [4.78, 5) is 50.1. The Morgan fingerprint density at radius 3 is 2.55 bits per heavy atom. The third kappa shape index (κ3) is 2.79. The van der Waals surface area contributed by atoms with E-state index in [1.165, 1.54) is 13.0 Å². The molecule has 4 aliphatic carbocycles. The maximum atomic E-state index is 13.6. The number of hydrogen-bond donors (Lipinski definition) is 2. The van der Waals surface area contributed by atoms with Crippen LogP contribution in [-0.2, 0) is 23.9 Å². The number of ketones is 3. The molecule has 4 aliphatic rings. The van der Waals surface area contributed by atoms with Crippen LogP contribution < -0.4 is 0 Å². The Morgan fingerprint density at radius 2 is 1.94 bits per heavy atom. The second kappa shape index (κ2) is 7.09. The second-order valence-corrected chi connectivity index (χ2v) is 10.2. The molecule has 0 unspecified atom stereocenters. The molecule has 0 radical (unpaired) electrons. The van der Waals surface area contributed by atoms with E-state index in [2.05, 4.69) is 0 Å². The minimum absolute atomic E-state index is 0.0229. The van der Waals surface area contributed by atoms with E-state index < -0.39 is 46.5 Å². The normalized spacial score (nSPS) is 41.9. The number of fused-ring (bicyclic) bond motifs is 5. The number of rotatable bonds is 3. The van der Waals surface area contributed by atoms with Crippen LogP contribution in [0.1, 0.15) is 52.9 Å². The minimum Gasteiger partial charge on any atom is -0.421 e. The van der Waals surface area contributed by atoms with Gasteiger partial charge >= 0.3 is 5.97 Å². The van der Waals surface area contributed by atoms with Crippen molar-refractivity contribution in [3.8, 4) is 0 Å². The Bertz CT molecular complexity index is 965. The number of aliphatic hydroxyl groups excluding tert-OH is 1. The van der Waals surface area contributed by atoms with Gasteiger partial charge in [0.1, 0.15) is 18.0 Å². The summed E-state index contributed by atoms with van der Waals surface area (Å²) in [6, 6.07) is 0. The molecule has 0 spiro atoms. The molecular formula is C23H27ClO7. The molecule has 6 atom stereocenters. The fourth-order valence-corrected chi connectivity index (χ4v) is 7.35. The van der Waals surface area contributed by atoms with Crippen molar-refractivity contribution < 1.29 is 34.1 Å². The maximum Gasteiger partial charge on any atom is 0.308 e. The standard InChI is InChI=1S/C23H27ClO7/c1-11(26)31-19-15(27)8-12-4-5-13-14-6-7-23(30,17(29)10-25)21(14,2)9-16(28)18(13)22(12,3)20(19)24/h8,13-14,18,25,30H,4-7,9-10H2,1-3H3/t13-,14-,18+,21-,22-,23-/m0/s1. The molecular weight excluding hydrogens is 424 g/mol. The summed E-state index contributed by atoms with van der Waals surface area (Å²) >= 11 is 6.68. The van der Waals surface area contributed by atoms with Gasteiger partial charge in [-0.1, -0.05) is 24.1 Å². The van der Waals surface area contributed by atoms with Crippen LogP contribution in [0.3, 0.4) is 0 Å². The average molecular weight is 451 g/mol. The Kier molecular flexibility index (Phi) is 5.11. The lowest BCUT2D eigenvalue weighted by atomic mass is 9.46. The van der Waals surface area contributed by atoms with Gasteiger partial charge in [-0.15, -0.1) is 0 Å². The third-order valence-corrected chi connectivity index (χ3v) is 9.05. The number of carbonyl (C=O) groups is 4. The van der Waals surface area contributed by atoms with Crippen LogP contribution >= 0.6 is 11.6 Å². The quantitative estimate of drug-likeness (QED) is 0.633. The molecule has 31 heavy (non-hydrogen) atoms. The molecule has 8 heteroatoms. The molecule has 0 aromatic carbocycles. The molecule has 0 aliphatic heterocycles. The van der Waals surface area contributed by atoms with Crippen LogP contribution in [0.2, 0.25) is 0 Å². The van der Waals surface area contributed by atoms with Crippen molar-refractivity contribution in [2.24, 2.45) is 28.6 Å². The van der Waals surface area contributed by atoms with Crippen LogP contribution in [0.5, 0.6) is 0 Å². The summed E-state index contributed by atoms with van der Waals surface area (Å²) in [7, 11) is 0. The fourth-order valence-electron chi connectivity index (χ4n) is 6.98. The van der Waals surface area contributed by atoms with E-state index in [0.29, 0.717) is 19.3 Å². The number of carbonyl (C=O) groups excluding carboxylic acids is 4. The number of aliphatic hydroxyl groups is 2. The third-order valence-electron chi connectivity index (χ3n) is 8.48. The second-order valence-electron chi connectivity index (χ2n) is 9.80. The van der Waals surface area contributed by atoms with E-state index in [1.807, 2.05) is 6.92 Å². The predicted molar refractivity (Wildman–Crippen MR) is 110 cm³/mol. The summed E-state index contributed by atoms with van der Waals surface area (Å²) in [5.41, 5.74) is -2.95. The predicted octanol–water partition coefficient (Wildman–Crippen LogP) is 2.22. The highest BCUT2D eigenvalue weighted by Crippen LogP contribution is 2.67. The lowest BCUT2D eigenvalue weighted by Crippen LogP contribution is -2.61. The van der Waals surface area contributed by atoms with Crippen LogP contribution in [0.15, 0.2) is 22.4 Å². The zero-order chi connectivity index (χ0) is 22.9. The first-order valence-corrected chi connectivity index (χ1v) is 11.0. The molecule has 168 valence electrons. The topological polar surface area (TPSA) is 118 Å². The van der Waals surface area contributed by atoms with Gasteiger partial charge in [-0.2, -0.15) is 0 Å². The minimum atomic E-state index is -1.74. The van der Waals surface area contributed by atoms with E-state index >= 15 is 0 Å². The van der Waals surface area contributed by atoms with Gasteiger partial charge in [0, 0.05) is 30.1 Å². The van der Waals surface area contributed by atoms with Gasteiger partial charge in [-0.25, -0.2) is 0 Å². The highest BCUT2D eigenvalue weighted by molar-refractivity contribution is 6.34. The summed E-state index contributed by atoms with van der Waals surface area (Å²) in [6.45, 7) is 4.00. The molecule has 0 amide bonds. The zero-order valence-corrected chi connectivity index (χ0v) is 18.6. The van der Waals surface area contributed by atoms with E-state index in [0.717, 1.165) is 5.57 Å². The van der Waals surface area contributed by atoms with Gasteiger partial charge < -0.3 is 14.9 Å². The molecule has 3 saturated carbocycles. The van der Waals surface area contributed by atoms with Crippen molar-refractivity contribution in [1.29, 1.82) is 0 Å². The summed E-state index contributed by atoms with van der Waals surface area (Å²) in [5, 5.41) is 20.7. The van der Waals surface area contributed by atoms with Gasteiger partial charge in [0.2, 0.25) is 5.78 Å². The Balaban J connectivity index is 1.80. The van der Waals surface area contributed by atoms with E-state index in [9.17, 15) is 29.4 Å². The van der Waals surface area contributed by atoms with Crippen LogP contribution in [-0.4, -0.2) is 45.7 Å². The first kappa shape index (κ1) is 22.4. The SMILES string of the molecule is CC(=O)OC1=C(Cl)[C@@]2(C)C(=CC1=O)CC[C@@H]1[C@@H]2C(=O)C[C@@]2(C)[C@H]1CC[C@]2(O)C(=O)CO. The van der Waals surface area contributed by atoms with Crippen LogP contribution in [0, 0.1) is 28.6 Å². The number of ether oxygens (including phenoxy) is 1. The van der Waals surface area contributed by atoms with Crippen molar-refractivity contribution in [1.82, 2.24) is 0 Å². The van der Waals surface area contributed by atoms with Crippen molar-refractivity contribution >= 4 is 34.9 Å². The van der Waals surface area contributed by atoms with Crippen molar-refractivity contribution in [2.45, 2.75) is 58.5 Å². The summed E-state index contributed by atoms with van der Waals surface area (Å²) < 4.78 is 5.12. The van der Waals surface area contributed by atoms with Gasteiger partial charge in [-0.05, 0) is 50.5 Å². The van der Waals surface area contributed by atoms with Gasteiger partial charge in [0.25, 0.3) is 0 Å². The zero-order valence-electron chi connectivity index (χ0n) is 17.9. The number of halogens is 1. The van der Waals surface area contributed by atoms with Crippen molar-refractivity contribution in [3.05, 3.63) is 22.4 Å². The largest absolute Gasteiger partial charge is 0.421 e. The van der Waals surface area contributed by atoms with Crippen molar-refractivity contribution in [2.75, 3.05) is 6.61 Å². The summed E-state index contributed by atoms with van der Waals surface area (Å²) in [6.07, 6.45) is 3.33. The smallest absolute Gasteiger partial charge is 0.308 e. The molecule has 0 aromatic heterocycles. The number of hydrogen-bond acceptors (Lipinski definition) is 7. The van der Waals surface area contributed by atoms with E-state index in [1.54, 1.807) is 6.92 Å². The molecule has 0 saturated heterocycles. The number of esters is 1. The average Bonchev–Trinajstić information content (AvgIpc) is 2.97. The first-order valence-electron chi connectivity index (χ1n) is 10.6. The molecule has 0 bridgehead atoms. The Labute approximate surface area is 185 Å². The molecule has 0 aromatic rings. The first-order chi connectivity index (χ1) is 14.4. The van der Waals surface area contributed by atoms with E-state index in [-0.39, 0.29) is 41.3 Å². The van der Waals surface area contributed by atoms with E-state index in [4.69, 9.17) is 16.3 Å². The fraction of sp³-hybridized carbons (Fsp3) is 0.652. The Hall–Kier alpha value is -1.83. The highest BCUT2D eigenvalue weighted by Gasteiger charge is 2.69.